The molecule has 1 heterocycles. The fourth-order valence-electron chi connectivity index (χ4n) is 3.44. The average Bonchev–Trinajstić information content (AvgIpc) is 3.08. The zero-order valence-electron chi connectivity index (χ0n) is 14.2. The number of carbonyl (C=O) groups excluding carboxylic acids is 2. The van der Waals surface area contributed by atoms with Gasteiger partial charge in [0.2, 0.25) is 0 Å². The van der Waals surface area contributed by atoms with E-state index in [1.807, 2.05) is 6.07 Å². The Morgan fingerprint density at radius 1 is 1.23 bits per heavy atom. The number of aromatic hydroxyl groups is 1. The van der Waals surface area contributed by atoms with Crippen LogP contribution in [0.4, 0.5) is 0 Å². The first-order chi connectivity index (χ1) is 12.5. The summed E-state index contributed by atoms with van der Waals surface area (Å²) in [6.45, 7) is 0.498. The molecule has 1 amide bonds. The van der Waals surface area contributed by atoms with Crippen LogP contribution in [0.25, 0.3) is 0 Å². The molecule has 0 radical (unpaired) electrons. The lowest BCUT2D eigenvalue weighted by Gasteiger charge is -2.31. The lowest BCUT2D eigenvalue weighted by molar-refractivity contribution is -0.120. The number of carbonyl (C=O) groups is 2. The van der Waals surface area contributed by atoms with Crippen LogP contribution in [-0.4, -0.2) is 27.6 Å². The maximum Gasteiger partial charge on any atom is 0.298 e. The standard InChI is InChI=1S/C19H20N2O5/c22-13-26-16-11-21(10-15(23)17(16)24)12-19(8-4-5-9-19)20-18(25)14-6-2-1-3-7-14/h1-3,6-7,10-11,13,23H,4-5,8-9,12H2,(H,20,25). The van der Waals surface area contributed by atoms with Gasteiger partial charge in [-0.3, -0.25) is 14.4 Å². The molecule has 0 bridgehead atoms. The molecule has 0 saturated heterocycles. The predicted molar refractivity (Wildman–Crippen MR) is 94.2 cm³/mol. The lowest BCUT2D eigenvalue weighted by Crippen LogP contribution is -2.49. The largest absolute Gasteiger partial charge is 0.503 e. The van der Waals surface area contributed by atoms with E-state index in [-0.39, 0.29) is 18.1 Å². The molecule has 3 rings (SSSR count). The van der Waals surface area contributed by atoms with E-state index in [1.54, 1.807) is 28.8 Å². The van der Waals surface area contributed by atoms with Gasteiger partial charge in [0.25, 0.3) is 17.8 Å². The van der Waals surface area contributed by atoms with E-state index >= 15 is 0 Å². The molecule has 1 aromatic heterocycles. The van der Waals surface area contributed by atoms with Crippen molar-refractivity contribution in [3.8, 4) is 11.5 Å². The molecule has 26 heavy (non-hydrogen) atoms. The zero-order valence-corrected chi connectivity index (χ0v) is 14.2. The molecule has 0 spiro atoms. The third-order valence-electron chi connectivity index (χ3n) is 4.66. The minimum atomic E-state index is -0.748. The number of ether oxygens (including phenoxy) is 1. The second-order valence-corrected chi connectivity index (χ2v) is 6.53. The van der Waals surface area contributed by atoms with Crippen molar-refractivity contribution in [1.82, 2.24) is 9.88 Å². The molecule has 2 aromatic rings. The summed E-state index contributed by atoms with van der Waals surface area (Å²) in [4.78, 5) is 34.9. The van der Waals surface area contributed by atoms with Crippen LogP contribution in [-0.2, 0) is 11.3 Å². The Hall–Kier alpha value is -3.09. The third-order valence-corrected chi connectivity index (χ3v) is 4.66. The molecule has 1 saturated carbocycles. The second-order valence-electron chi connectivity index (χ2n) is 6.53. The molecule has 0 unspecified atom stereocenters. The van der Waals surface area contributed by atoms with Gasteiger partial charge in [0.1, 0.15) is 0 Å². The highest BCUT2D eigenvalue weighted by Crippen LogP contribution is 2.32. The van der Waals surface area contributed by atoms with Crippen LogP contribution in [0.15, 0.2) is 47.5 Å². The van der Waals surface area contributed by atoms with Crippen molar-refractivity contribution in [3.63, 3.8) is 0 Å². The number of nitrogens with zero attached hydrogens (tertiary/aromatic N) is 1. The van der Waals surface area contributed by atoms with Crippen molar-refractivity contribution in [2.45, 2.75) is 37.8 Å². The minimum absolute atomic E-state index is 0.142. The summed E-state index contributed by atoms with van der Waals surface area (Å²) in [5, 5.41) is 12.9. The van der Waals surface area contributed by atoms with Crippen LogP contribution in [0.1, 0.15) is 36.0 Å². The maximum atomic E-state index is 12.6. The molecule has 1 aliphatic rings. The first kappa shape index (κ1) is 17.7. The summed E-state index contributed by atoms with van der Waals surface area (Å²) < 4.78 is 6.22. The molecule has 136 valence electrons. The molecule has 2 N–H and O–H groups in total. The topological polar surface area (TPSA) is 97.6 Å². The van der Waals surface area contributed by atoms with Crippen molar-refractivity contribution < 1.29 is 19.4 Å². The van der Waals surface area contributed by atoms with E-state index in [0.717, 1.165) is 25.7 Å². The average molecular weight is 356 g/mol. The molecule has 7 nitrogen and oxygen atoms in total. The van der Waals surface area contributed by atoms with E-state index in [9.17, 15) is 19.5 Å². The Morgan fingerprint density at radius 2 is 1.92 bits per heavy atom. The van der Waals surface area contributed by atoms with Gasteiger partial charge in [-0.1, -0.05) is 31.0 Å². The third kappa shape index (κ3) is 3.77. The van der Waals surface area contributed by atoms with Crippen LogP contribution in [0.3, 0.4) is 0 Å². The Labute approximate surface area is 150 Å². The number of amides is 1. The van der Waals surface area contributed by atoms with Gasteiger partial charge in [-0.2, -0.15) is 0 Å². The molecule has 1 aliphatic carbocycles. The van der Waals surface area contributed by atoms with E-state index in [1.165, 1.54) is 12.4 Å². The number of benzene rings is 1. The predicted octanol–water partition coefficient (Wildman–Crippen LogP) is 1.83. The van der Waals surface area contributed by atoms with Crippen molar-refractivity contribution in [2.24, 2.45) is 0 Å². The Kier molecular flexibility index (Phi) is 5.06. The van der Waals surface area contributed by atoms with Crippen LogP contribution in [0, 0.1) is 0 Å². The number of hydrogen-bond donors (Lipinski definition) is 2. The normalized spacial score (nSPS) is 15.4. The minimum Gasteiger partial charge on any atom is -0.503 e. The maximum absolute atomic E-state index is 12.6. The smallest absolute Gasteiger partial charge is 0.298 e. The first-order valence-corrected chi connectivity index (χ1v) is 8.44. The van der Waals surface area contributed by atoms with Crippen molar-refractivity contribution >= 4 is 12.4 Å². The number of hydrogen-bond acceptors (Lipinski definition) is 5. The monoisotopic (exact) mass is 356 g/mol. The summed E-state index contributed by atoms with van der Waals surface area (Å²) in [6.07, 6.45) is 6.16. The van der Waals surface area contributed by atoms with Crippen LogP contribution in [0.5, 0.6) is 11.5 Å². The van der Waals surface area contributed by atoms with Crippen molar-refractivity contribution in [3.05, 3.63) is 58.5 Å². The molecule has 7 heteroatoms. The van der Waals surface area contributed by atoms with Gasteiger partial charge in [0.05, 0.1) is 17.9 Å². The Balaban J connectivity index is 1.86. The molecule has 1 aromatic carbocycles. The van der Waals surface area contributed by atoms with E-state index in [0.29, 0.717) is 12.1 Å². The summed E-state index contributed by atoms with van der Waals surface area (Å²) in [7, 11) is 0. The summed E-state index contributed by atoms with van der Waals surface area (Å²) in [6, 6.07) is 8.95. The molecular weight excluding hydrogens is 336 g/mol. The van der Waals surface area contributed by atoms with Crippen LogP contribution >= 0.6 is 0 Å². The van der Waals surface area contributed by atoms with E-state index < -0.39 is 16.7 Å². The molecular formula is C19H20N2O5. The number of nitrogens with one attached hydrogen (secondary N) is 1. The molecule has 1 fully saturated rings. The van der Waals surface area contributed by atoms with Crippen molar-refractivity contribution in [2.75, 3.05) is 0 Å². The van der Waals surface area contributed by atoms with Crippen LogP contribution < -0.4 is 15.5 Å². The number of rotatable bonds is 6. The SMILES string of the molecule is O=COc1cn(CC2(NC(=O)c3ccccc3)CCCC2)cc(O)c1=O. The van der Waals surface area contributed by atoms with E-state index in [4.69, 9.17) is 0 Å². The van der Waals surface area contributed by atoms with Gasteiger partial charge < -0.3 is 19.7 Å². The number of aromatic nitrogens is 1. The van der Waals surface area contributed by atoms with Crippen LogP contribution in [0.2, 0.25) is 0 Å². The van der Waals surface area contributed by atoms with Gasteiger partial charge in [0.15, 0.2) is 11.5 Å². The van der Waals surface area contributed by atoms with Gasteiger partial charge in [-0.25, -0.2) is 0 Å². The number of pyridine rings is 1. The van der Waals surface area contributed by atoms with Gasteiger partial charge in [-0.15, -0.1) is 0 Å². The van der Waals surface area contributed by atoms with E-state index in [2.05, 4.69) is 10.1 Å². The zero-order chi connectivity index (χ0) is 18.6. The molecule has 0 atom stereocenters. The second kappa shape index (κ2) is 7.43. The Bertz CT molecular complexity index is 854. The first-order valence-electron chi connectivity index (χ1n) is 8.44. The highest BCUT2D eigenvalue weighted by molar-refractivity contribution is 5.94. The molecule has 0 aliphatic heterocycles. The van der Waals surface area contributed by atoms with Gasteiger partial charge in [-0.05, 0) is 25.0 Å². The quantitative estimate of drug-likeness (QED) is 0.770. The lowest BCUT2D eigenvalue weighted by atomic mass is 9.96. The van der Waals surface area contributed by atoms with Gasteiger partial charge in [0, 0.05) is 12.1 Å². The summed E-state index contributed by atoms with van der Waals surface area (Å²) in [5.41, 5.74) is -0.666. The van der Waals surface area contributed by atoms with Crippen molar-refractivity contribution in [1.29, 1.82) is 0 Å². The fraction of sp³-hybridized carbons (Fsp3) is 0.316. The highest BCUT2D eigenvalue weighted by Gasteiger charge is 2.36. The fourth-order valence-corrected chi connectivity index (χ4v) is 3.44. The summed E-state index contributed by atoms with van der Waals surface area (Å²) >= 11 is 0. The highest BCUT2D eigenvalue weighted by atomic mass is 16.5. The Morgan fingerprint density at radius 3 is 2.58 bits per heavy atom. The summed E-state index contributed by atoms with van der Waals surface area (Å²) in [5.74, 6) is -0.920. The van der Waals surface area contributed by atoms with Gasteiger partial charge >= 0.3 is 0 Å².